The first-order valence-electron chi connectivity index (χ1n) is 9.51. The molecule has 2 rings (SSSR count). The van der Waals surface area contributed by atoms with Gasteiger partial charge in [-0.1, -0.05) is 34.6 Å². The Labute approximate surface area is 147 Å². The van der Waals surface area contributed by atoms with Gasteiger partial charge in [0.05, 0.1) is 0 Å². The van der Waals surface area contributed by atoms with Crippen LogP contribution in [0.3, 0.4) is 0 Å². The molecule has 0 aromatic carbocycles. The summed E-state index contributed by atoms with van der Waals surface area (Å²) in [6, 6.07) is 0.229. The van der Waals surface area contributed by atoms with Crippen LogP contribution in [0.2, 0.25) is 0 Å². The highest BCUT2D eigenvalue weighted by atomic mass is 16.2. The molecule has 0 aromatic heterocycles. The van der Waals surface area contributed by atoms with Crippen molar-refractivity contribution in [2.24, 2.45) is 10.8 Å². The molecule has 1 aliphatic carbocycles. The third kappa shape index (κ3) is 4.50. The SMILES string of the molecule is CCN(CC)CCCNC(=O)C(=O)N1CC2(C)CC1CC(C)(C)C2. The van der Waals surface area contributed by atoms with Crippen LogP contribution in [0.4, 0.5) is 0 Å². The minimum atomic E-state index is -0.427. The zero-order chi connectivity index (χ0) is 18.0. The Morgan fingerprint density at radius 2 is 1.83 bits per heavy atom. The van der Waals surface area contributed by atoms with Crippen molar-refractivity contribution in [3.63, 3.8) is 0 Å². The van der Waals surface area contributed by atoms with Crippen LogP contribution in [0.5, 0.6) is 0 Å². The number of carbonyl (C=O) groups is 2. The van der Waals surface area contributed by atoms with Gasteiger partial charge < -0.3 is 15.1 Å². The van der Waals surface area contributed by atoms with Crippen LogP contribution in [0, 0.1) is 10.8 Å². The predicted molar refractivity (Wildman–Crippen MR) is 96.7 cm³/mol. The maximum absolute atomic E-state index is 12.6. The minimum absolute atomic E-state index is 0.172. The Hall–Kier alpha value is -1.10. The Bertz CT molecular complexity index is 473. The van der Waals surface area contributed by atoms with Gasteiger partial charge in [0.2, 0.25) is 0 Å². The highest BCUT2D eigenvalue weighted by Gasteiger charge is 2.51. The first-order chi connectivity index (χ1) is 11.2. The Balaban J connectivity index is 1.83. The van der Waals surface area contributed by atoms with Gasteiger partial charge in [0, 0.05) is 19.1 Å². The fourth-order valence-electron chi connectivity index (χ4n) is 4.95. The number of likely N-dealkylation sites (tertiary alicyclic amines) is 1. The average Bonchev–Trinajstić information content (AvgIpc) is 2.75. The van der Waals surface area contributed by atoms with Gasteiger partial charge in [0.15, 0.2) is 0 Å². The summed E-state index contributed by atoms with van der Waals surface area (Å²) >= 11 is 0. The summed E-state index contributed by atoms with van der Waals surface area (Å²) in [7, 11) is 0. The lowest BCUT2D eigenvalue weighted by molar-refractivity contribution is -0.146. The first kappa shape index (κ1) is 19.2. The molecule has 2 bridgehead atoms. The van der Waals surface area contributed by atoms with Crippen molar-refractivity contribution >= 4 is 11.8 Å². The van der Waals surface area contributed by atoms with Gasteiger partial charge in [-0.3, -0.25) is 9.59 Å². The van der Waals surface area contributed by atoms with E-state index in [0.29, 0.717) is 6.54 Å². The normalized spacial score (nSPS) is 28.2. The van der Waals surface area contributed by atoms with E-state index in [-0.39, 0.29) is 22.8 Å². The smallest absolute Gasteiger partial charge is 0.312 e. The summed E-state index contributed by atoms with van der Waals surface area (Å²) < 4.78 is 0. The fraction of sp³-hybridized carbons (Fsp3) is 0.895. The molecule has 1 saturated heterocycles. The molecule has 1 saturated carbocycles. The monoisotopic (exact) mass is 337 g/mol. The van der Waals surface area contributed by atoms with Crippen molar-refractivity contribution < 1.29 is 9.59 Å². The van der Waals surface area contributed by atoms with E-state index in [9.17, 15) is 9.59 Å². The highest BCUT2D eigenvalue weighted by molar-refractivity contribution is 6.35. The van der Waals surface area contributed by atoms with Crippen molar-refractivity contribution in [3.8, 4) is 0 Å². The van der Waals surface area contributed by atoms with Crippen LogP contribution in [0.15, 0.2) is 0 Å². The van der Waals surface area contributed by atoms with Crippen molar-refractivity contribution in [2.45, 2.75) is 66.3 Å². The lowest BCUT2D eigenvalue weighted by Gasteiger charge is -2.39. The second kappa shape index (κ2) is 7.42. The molecule has 1 N–H and O–H groups in total. The molecule has 138 valence electrons. The van der Waals surface area contributed by atoms with E-state index in [0.717, 1.165) is 51.9 Å². The van der Waals surface area contributed by atoms with Gasteiger partial charge in [0.25, 0.3) is 0 Å². The number of hydrogen-bond donors (Lipinski definition) is 1. The molecular weight excluding hydrogens is 302 g/mol. The Morgan fingerprint density at radius 3 is 2.46 bits per heavy atom. The van der Waals surface area contributed by atoms with Crippen molar-refractivity contribution in [1.29, 1.82) is 0 Å². The third-order valence-corrected chi connectivity index (χ3v) is 5.70. The zero-order valence-corrected chi connectivity index (χ0v) is 16.2. The minimum Gasteiger partial charge on any atom is -0.348 e. The van der Waals surface area contributed by atoms with Crippen molar-refractivity contribution in [2.75, 3.05) is 32.7 Å². The van der Waals surface area contributed by atoms with Crippen LogP contribution in [0.1, 0.15) is 60.3 Å². The number of hydrogen-bond acceptors (Lipinski definition) is 3. The Morgan fingerprint density at radius 1 is 1.17 bits per heavy atom. The average molecular weight is 338 g/mol. The molecule has 1 heterocycles. The highest BCUT2D eigenvalue weighted by Crippen LogP contribution is 2.52. The molecule has 5 heteroatoms. The van der Waals surface area contributed by atoms with Gasteiger partial charge in [0.1, 0.15) is 0 Å². The standard InChI is InChI=1S/C19H35N3O2/c1-6-21(7-2)10-8-9-20-16(23)17(24)22-14-19(5)12-15(22)11-18(3,4)13-19/h15H,6-14H2,1-5H3,(H,20,23). The number of nitrogens with zero attached hydrogens (tertiary/aromatic N) is 2. The number of carbonyl (C=O) groups excluding carboxylic acids is 2. The van der Waals surface area contributed by atoms with Gasteiger partial charge in [-0.2, -0.15) is 0 Å². The first-order valence-corrected chi connectivity index (χ1v) is 9.51. The largest absolute Gasteiger partial charge is 0.348 e. The van der Waals surface area contributed by atoms with E-state index >= 15 is 0 Å². The fourth-order valence-corrected chi connectivity index (χ4v) is 4.95. The summed E-state index contributed by atoms with van der Waals surface area (Å²) in [5.41, 5.74) is 0.429. The quantitative estimate of drug-likeness (QED) is 0.597. The zero-order valence-electron chi connectivity index (χ0n) is 16.2. The maximum Gasteiger partial charge on any atom is 0.312 e. The van der Waals surface area contributed by atoms with E-state index < -0.39 is 5.91 Å². The molecule has 5 nitrogen and oxygen atoms in total. The van der Waals surface area contributed by atoms with Gasteiger partial charge >= 0.3 is 11.8 Å². The van der Waals surface area contributed by atoms with Crippen molar-refractivity contribution in [3.05, 3.63) is 0 Å². The molecule has 2 unspecified atom stereocenters. The third-order valence-electron chi connectivity index (χ3n) is 5.70. The van der Waals surface area contributed by atoms with E-state index in [2.05, 4.69) is 44.8 Å². The Kier molecular flexibility index (Phi) is 5.95. The van der Waals surface area contributed by atoms with Crippen LogP contribution >= 0.6 is 0 Å². The van der Waals surface area contributed by atoms with E-state index in [1.165, 1.54) is 0 Å². The molecule has 1 aliphatic heterocycles. The molecule has 2 amide bonds. The predicted octanol–water partition coefficient (Wildman–Crippen LogP) is 2.26. The molecule has 2 fully saturated rings. The second-order valence-corrected chi connectivity index (χ2v) is 8.78. The van der Waals surface area contributed by atoms with Crippen LogP contribution in [-0.4, -0.2) is 60.4 Å². The summed E-state index contributed by atoms with van der Waals surface area (Å²) in [4.78, 5) is 29.0. The lowest BCUT2D eigenvalue weighted by Crippen LogP contribution is -2.46. The number of nitrogens with one attached hydrogen (secondary N) is 1. The molecule has 0 aromatic rings. The number of fused-ring (bicyclic) bond motifs is 2. The molecule has 24 heavy (non-hydrogen) atoms. The molecule has 0 spiro atoms. The summed E-state index contributed by atoms with van der Waals surface area (Å²) in [5.74, 6) is -0.757. The molecular formula is C19H35N3O2. The maximum atomic E-state index is 12.6. The van der Waals surface area contributed by atoms with Crippen molar-refractivity contribution in [1.82, 2.24) is 15.1 Å². The summed E-state index contributed by atoms with van der Waals surface area (Å²) in [6.07, 6.45) is 4.06. The lowest BCUT2D eigenvalue weighted by atomic mass is 9.65. The summed E-state index contributed by atoms with van der Waals surface area (Å²) in [5, 5.41) is 2.82. The van der Waals surface area contributed by atoms with Gasteiger partial charge in [-0.25, -0.2) is 0 Å². The topological polar surface area (TPSA) is 52.7 Å². The number of amides is 2. The van der Waals surface area contributed by atoms with Crippen LogP contribution in [-0.2, 0) is 9.59 Å². The molecule has 0 radical (unpaired) electrons. The molecule has 2 aliphatic rings. The molecule has 2 atom stereocenters. The van der Waals surface area contributed by atoms with Crippen LogP contribution in [0.25, 0.3) is 0 Å². The number of rotatable bonds is 6. The van der Waals surface area contributed by atoms with Crippen LogP contribution < -0.4 is 5.32 Å². The van der Waals surface area contributed by atoms with Gasteiger partial charge in [-0.05, 0) is 56.1 Å². The van der Waals surface area contributed by atoms with Gasteiger partial charge in [-0.15, -0.1) is 0 Å². The summed E-state index contributed by atoms with van der Waals surface area (Å²) in [6.45, 7) is 15.4. The second-order valence-electron chi connectivity index (χ2n) is 8.78. The van der Waals surface area contributed by atoms with E-state index in [1.54, 1.807) is 0 Å². The van der Waals surface area contributed by atoms with E-state index in [1.807, 2.05) is 4.90 Å². The van der Waals surface area contributed by atoms with E-state index in [4.69, 9.17) is 0 Å².